The Morgan fingerprint density at radius 1 is 1.19 bits per heavy atom. The van der Waals surface area contributed by atoms with Crippen LogP contribution in [0.3, 0.4) is 0 Å². The van der Waals surface area contributed by atoms with Crippen LogP contribution in [0.1, 0.15) is 58.9 Å². The Morgan fingerprint density at radius 2 is 1.89 bits per heavy atom. The molecule has 36 heavy (non-hydrogen) atoms. The topological polar surface area (TPSA) is 65.0 Å². The first-order valence-electron chi connectivity index (χ1n) is 13.2. The van der Waals surface area contributed by atoms with Crippen LogP contribution in [-0.2, 0) is 15.1 Å². The molecule has 1 aromatic rings. The molecule has 3 aliphatic rings. The van der Waals surface area contributed by atoms with Crippen LogP contribution >= 0.6 is 0 Å². The maximum Gasteiger partial charge on any atom is 0.260 e. The van der Waals surface area contributed by atoms with E-state index in [1.165, 1.54) is 17.7 Å². The number of allylic oxidation sites excluding steroid dienone is 2. The van der Waals surface area contributed by atoms with E-state index in [1.54, 1.807) is 17.0 Å². The van der Waals surface area contributed by atoms with Gasteiger partial charge in [0.2, 0.25) is 5.91 Å². The largest absolute Gasteiger partial charge is 0.349 e. The first kappa shape index (κ1) is 26.3. The van der Waals surface area contributed by atoms with Gasteiger partial charge >= 0.3 is 0 Å². The number of halogens is 1. The van der Waals surface area contributed by atoms with E-state index in [4.69, 9.17) is 0 Å². The van der Waals surface area contributed by atoms with Crippen molar-refractivity contribution in [2.75, 3.05) is 26.2 Å². The van der Waals surface area contributed by atoms with E-state index in [-0.39, 0.29) is 29.6 Å². The molecule has 7 heteroatoms. The van der Waals surface area contributed by atoms with Gasteiger partial charge in [-0.05, 0) is 82.8 Å². The van der Waals surface area contributed by atoms with E-state index in [9.17, 15) is 14.0 Å². The molecule has 6 nitrogen and oxygen atoms in total. The second kappa shape index (κ2) is 11.1. The number of likely N-dealkylation sites (tertiary alicyclic amines) is 1. The quantitative estimate of drug-likeness (QED) is 0.582. The van der Waals surface area contributed by atoms with Crippen LogP contribution in [0.2, 0.25) is 0 Å². The molecule has 2 aliphatic heterocycles. The molecule has 1 aliphatic carbocycles. The van der Waals surface area contributed by atoms with E-state index in [0.29, 0.717) is 12.5 Å². The summed E-state index contributed by atoms with van der Waals surface area (Å²) in [6.45, 7) is 11.2. The van der Waals surface area contributed by atoms with Crippen molar-refractivity contribution in [2.24, 2.45) is 16.8 Å². The molecular weight excluding hydrogens is 455 g/mol. The average molecular weight is 495 g/mol. The Kier molecular flexibility index (Phi) is 8.08. The van der Waals surface area contributed by atoms with Gasteiger partial charge in [-0.15, -0.1) is 0 Å². The summed E-state index contributed by atoms with van der Waals surface area (Å²) in [6, 6.07) is 6.16. The van der Waals surface area contributed by atoms with Crippen molar-refractivity contribution in [1.29, 1.82) is 0 Å². The summed E-state index contributed by atoms with van der Waals surface area (Å²) >= 11 is 0. The van der Waals surface area contributed by atoms with Crippen LogP contribution < -0.4 is 5.32 Å². The molecule has 4 rings (SSSR count). The van der Waals surface area contributed by atoms with Crippen molar-refractivity contribution in [3.05, 3.63) is 59.4 Å². The summed E-state index contributed by atoms with van der Waals surface area (Å²) in [6.07, 6.45) is 10.4. The van der Waals surface area contributed by atoms with Gasteiger partial charge in [-0.1, -0.05) is 49.8 Å². The standard InChI is InChI=1S/C29H39FN4O2/c1-20(2)27(35)31-26-8-5-7-23(19-26)22-13-17-33(18-14-22)15-6-16-34-21(3)32-29(4,28(34)36)24-9-11-25(30)12-10-24/h5,7-12,20,22,26H,6,13-19H2,1-4H3,(H,31,35). The zero-order valence-electron chi connectivity index (χ0n) is 22.0. The number of benzene rings is 1. The molecule has 2 atom stereocenters. The predicted octanol–water partition coefficient (Wildman–Crippen LogP) is 4.43. The molecule has 0 bridgehead atoms. The highest BCUT2D eigenvalue weighted by atomic mass is 19.1. The van der Waals surface area contributed by atoms with Crippen LogP contribution in [0, 0.1) is 17.7 Å². The predicted molar refractivity (Wildman–Crippen MR) is 141 cm³/mol. The molecule has 0 spiro atoms. The van der Waals surface area contributed by atoms with Gasteiger partial charge in [-0.25, -0.2) is 4.39 Å². The number of rotatable bonds is 8. The highest BCUT2D eigenvalue weighted by Gasteiger charge is 2.44. The lowest BCUT2D eigenvalue weighted by Crippen LogP contribution is -2.41. The van der Waals surface area contributed by atoms with Crippen LogP contribution in [-0.4, -0.2) is 59.7 Å². The molecule has 1 aromatic carbocycles. The van der Waals surface area contributed by atoms with Crippen LogP contribution in [0.25, 0.3) is 0 Å². The Morgan fingerprint density at radius 3 is 2.56 bits per heavy atom. The number of amides is 2. The van der Waals surface area contributed by atoms with Gasteiger partial charge < -0.3 is 10.2 Å². The van der Waals surface area contributed by atoms with E-state index in [2.05, 4.69) is 33.4 Å². The molecule has 1 saturated heterocycles. The van der Waals surface area contributed by atoms with Crippen LogP contribution in [0.15, 0.2) is 53.1 Å². The van der Waals surface area contributed by atoms with Gasteiger partial charge in [0, 0.05) is 12.5 Å². The van der Waals surface area contributed by atoms with Crippen molar-refractivity contribution in [2.45, 2.75) is 65.0 Å². The fourth-order valence-corrected chi connectivity index (χ4v) is 5.50. The summed E-state index contributed by atoms with van der Waals surface area (Å²) < 4.78 is 13.4. The van der Waals surface area contributed by atoms with E-state index in [1.807, 2.05) is 27.7 Å². The number of aliphatic imine (C=N–C) groups is 1. The number of hydrogen-bond donors (Lipinski definition) is 1. The molecule has 2 amide bonds. The Labute approximate surface area is 214 Å². The molecule has 0 saturated carbocycles. The minimum absolute atomic E-state index is 0.00133. The number of nitrogens with one attached hydrogen (secondary N) is 1. The summed E-state index contributed by atoms with van der Waals surface area (Å²) in [5.41, 5.74) is 1.18. The monoisotopic (exact) mass is 494 g/mol. The minimum Gasteiger partial charge on any atom is -0.349 e. The third-order valence-corrected chi connectivity index (χ3v) is 7.77. The number of piperidine rings is 1. The second-order valence-electron chi connectivity index (χ2n) is 10.8. The first-order valence-corrected chi connectivity index (χ1v) is 13.2. The van der Waals surface area contributed by atoms with Crippen molar-refractivity contribution < 1.29 is 14.0 Å². The number of amidine groups is 1. The van der Waals surface area contributed by atoms with Gasteiger partial charge in [0.15, 0.2) is 5.54 Å². The molecule has 2 heterocycles. The third kappa shape index (κ3) is 5.77. The zero-order chi connectivity index (χ0) is 25.9. The molecule has 194 valence electrons. The lowest BCUT2D eigenvalue weighted by atomic mass is 9.83. The molecular formula is C29H39FN4O2. The van der Waals surface area contributed by atoms with Gasteiger partial charge in [0.1, 0.15) is 11.7 Å². The Balaban J connectivity index is 1.22. The van der Waals surface area contributed by atoms with E-state index < -0.39 is 5.54 Å². The SMILES string of the molecule is CC1=NC(C)(c2ccc(F)cc2)C(=O)N1CCCN1CCC(C2=CC=CC(NC(=O)C(C)C)C2)CC1. The highest BCUT2D eigenvalue weighted by Crippen LogP contribution is 2.34. The fourth-order valence-electron chi connectivity index (χ4n) is 5.50. The average Bonchev–Trinajstić information content (AvgIpc) is 3.08. The molecule has 0 aromatic heterocycles. The Bertz CT molecular complexity index is 1050. The molecule has 2 unspecified atom stereocenters. The normalized spacial score (nSPS) is 25.3. The number of carbonyl (C=O) groups is 2. The van der Waals surface area contributed by atoms with E-state index in [0.717, 1.165) is 56.7 Å². The number of nitrogens with zero attached hydrogens (tertiary/aromatic N) is 3. The summed E-state index contributed by atoms with van der Waals surface area (Å²) in [5, 5.41) is 3.14. The first-order chi connectivity index (χ1) is 17.2. The lowest BCUT2D eigenvalue weighted by Gasteiger charge is -2.35. The van der Waals surface area contributed by atoms with E-state index >= 15 is 0 Å². The van der Waals surface area contributed by atoms with Gasteiger partial charge in [-0.2, -0.15) is 0 Å². The van der Waals surface area contributed by atoms with Gasteiger partial charge in [-0.3, -0.25) is 19.5 Å². The van der Waals surface area contributed by atoms with Crippen molar-refractivity contribution >= 4 is 17.6 Å². The summed E-state index contributed by atoms with van der Waals surface area (Å²) in [4.78, 5) is 34.2. The van der Waals surface area contributed by atoms with Crippen LogP contribution in [0.5, 0.6) is 0 Å². The van der Waals surface area contributed by atoms with Crippen molar-refractivity contribution in [3.8, 4) is 0 Å². The maximum absolute atomic E-state index is 13.4. The molecule has 1 fully saturated rings. The summed E-state index contributed by atoms with van der Waals surface area (Å²) in [5.74, 6) is 1.04. The van der Waals surface area contributed by atoms with Crippen molar-refractivity contribution in [1.82, 2.24) is 15.1 Å². The highest BCUT2D eigenvalue weighted by molar-refractivity contribution is 6.07. The second-order valence-corrected chi connectivity index (χ2v) is 10.8. The van der Waals surface area contributed by atoms with Crippen molar-refractivity contribution in [3.63, 3.8) is 0 Å². The maximum atomic E-state index is 13.4. The number of carbonyl (C=O) groups excluding carboxylic acids is 2. The third-order valence-electron chi connectivity index (χ3n) is 7.77. The molecule has 1 N–H and O–H groups in total. The fraction of sp³-hybridized carbons (Fsp3) is 0.552. The zero-order valence-corrected chi connectivity index (χ0v) is 22.0. The molecule has 0 radical (unpaired) electrons. The number of hydrogen-bond acceptors (Lipinski definition) is 4. The Hall–Kier alpha value is -2.80. The van der Waals surface area contributed by atoms with Gasteiger partial charge in [0.05, 0.1) is 6.04 Å². The smallest absolute Gasteiger partial charge is 0.260 e. The minimum atomic E-state index is -0.981. The van der Waals surface area contributed by atoms with Gasteiger partial charge in [0.25, 0.3) is 5.91 Å². The van der Waals surface area contributed by atoms with Crippen LogP contribution in [0.4, 0.5) is 4.39 Å². The summed E-state index contributed by atoms with van der Waals surface area (Å²) in [7, 11) is 0. The lowest BCUT2D eigenvalue weighted by molar-refractivity contribution is -0.131.